The highest BCUT2D eigenvalue weighted by atomic mass is 16.6. The van der Waals surface area contributed by atoms with E-state index in [0.717, 1.165) is 5.57 Å². The first-order chi connectivity index (χ1) is 18.9. The van der Waals surface area contributed by atoms with Crippen molar-refractivity contribution in [2.45, 2.75) is 26.3 Å². The van der Waals surface area contributed by atoms with E-state index < -0.39 is 21.4 Å². The standard InChI is InChI=1S/C30H25N3O7/c1-20-19-30(2,3)31(28(34)14-10-21-6-4-8-23(16-21)32(36)37)27-13-12-25(18-26(20)27)40-29(35)15-11-22-7-5-9-24(17-22)33(38)39/h4-19H,1-3H3. The summed E-state index contributed by atoms with van der Waals surface area (Å²) in [6.45, 7) is 5.69. The van der Waals surface area contributed by atoms with E-state index in [1.807, 2.05) is 26.8 Å². The smallest absolute Gasteiger partial charge is 0.336 e. The van der Waals surface area contributed by atoms with Gasteiger partial charge in [-0.3, -0.25) is 29.9 Å². The minimum atomic E-state index is -0.680. The molecule has 0 aliphatic carbocycles. The molecule has 0 fully saturated rings. The fourth-order valence-electron chi connectivity index (χ4n) is 4.52. The van der Waals surface area contributed by atoms with E-state index in [9.17, 15) is 29.8 Å². The van der Waals surface area contributed by atoms with Crippen LogP contribution in [0.3, 0.4) is 0 Å². The number of carbonyl (C=O) groups is 2. The molecule has 1 aliphatic rings. The molecular weight excluding hydrogens is 514 g/mol. The Labute approximate surface area is 229 Å². The number of hydrogen-bond donors (Lipinski definition) is 0. The number of nitrogens with zero attached hydrogens (tertiary/aromatic N) is 3. The number of nitro groups is 2. The van der Waals surface area contributed by atoms with E-state index in [1.54, 1.807) is 41.3 Å². The minimum absolute atomic E-state index is 0.0705. The zero-order chi connectivity index (χ0) is 29.0. The molecule has 0 saturated carbocycles. The van der Waals surface area contributed by atoms with Crippen LogP contribution in [-0.4, -0.2) is 27.3 Å². The van der Waals surface area contributed by atoms with E-state index in [1.165, 1.54) is 54.6 Å². The number of rotatable bonds is 7. The molecule has 0 bridgehead atoms. The molecule has 0 aromatic heterocycles. The molecule has 0 spiro atoms. The summed E-state index contributed by atoms with van der Waals surface area (Å²) < 4.78 is 5.45. The van der Waals surface area contributed by atoms with Crippen LogP contribution in [0.4, 0.5) is 17.1 Å². The lowest BCUT2D eigenvalue weighted by Crippen LogP contribution is -2.48. The molecule has 0 radical (unpaired) electrons. The van der Waals surface area contributed by atoms with Gasteiger partial charge in [0.15, 0.2) is 0 Å². The topological polar surface area (TPSA) is 133 Å². The Morgan fingerprint density at radius 1 is 0.850 bits per heavy atom. The second-order valence-corrected chi connectivity index (χ2v) is 9.63. The van der Waals surface area contributed by atoms with Gasteiger partial charge in [-0.05, 0) is 67.8 Å². The SMILES string of the molecule is CC1=CC(C)(C)N(C(=O)C=Cc2cccc([N+](=O)[O-])c2)c2ccc(OC(=O)C=Cc3cccc([N+](=O)[O-])c3)cc21. The van der Waals surface area contributed by atoms with Crippen LogP contribution in [0, 0.1) is 20.2 Å². The molecule has 1 aliphatic heterocycles. The summed E-state index contributed by atoms with van der Waals surface area (Å²) in [6.07, 6.45) is 7.43. The van der Waals surface area contributed by atoms with Gasteiger partial charge in [0.1, 0.15) is 5.75 Å². The predicted molar refractivity (Wildman–Crippen MR) is 152 cm³/mol. The second kappa shape index (κ2) is 11.2. The lowest BCUT2D eigenvalue weighted by molar-refractivity contribution is -0.385. The van der Waals surface area contributed by atoms with Crippen molar-refractivity contribution in [1.82, 2.24) is 0 Å². The van der Waals surface area contributed by atoms with Crippen LogP contribution in [0.1, 0.15) is 37.5 Å². The number of esters is 1. The first kappa shape index (κ1) is 27.6. The number of allylic oxidation sites excluding steroid dienone is 1. The Morgan fingerprint density at radius 2 is 1.43 bits per heavy atom. The molecule has 10 nitrogen and oxygen atoms in total. The van der Waals surface area contributed by atoms with Crippen molar-refractivity contribution in [1.29, 1.82) is 0 Å². The van der Waals surface area contributed by atoms with Crippen LogP contribution in [0.2, 0.25) is 0 Å². The zero-order valence-corrected chi connectivity index (χ0v) is 21.9. The van der Waals surface area contributed by atoms with Gasteiger partial charge in [-0.1, -0.05) is 30.3 Å². The van der Waals surface area contributed by atoms with E-state index >= 15 is 0 Å². The molecule has 40 heavy (non-hydrogen) atoms. The van der Waals surface area contributed by atoms with Gasteiger partial charge in [0, 0.05) is 42.0 Å². The number of non-ortho nitro benzene ring substituents is 2. The molecule has 202 valence electrons. The lowest BCUT2D eigenvalue weighted by atomic mass is 9.88. The number of anilines is 1. The monoisotopic (exact) mass is 539 g/mol. The maximum atomic E-state index is 13.4. The molecule has 0 N–H and O–H groups in total. The molecule has 1 amide bonds. The number of benzene rings is 3. The van der Waals surface area contributed by atoms with Crippen LogP contribution >= 0.6 is 0 Å². The number of ether oxygens (including phenoxy) is 1. The molecule has 0 saturated heterocycles. The van der Waals surface area contributed by atoms with Crippen molar-refractivity contribution in [3.63, 3.8) is 0 Å². The fourth-order valence-corrected chi connectivity index (χ4v) is 4.52. The minimum Gasteiger partial charge on any atom is -0.423 e. The van der Waals surface area contributed by atoms with E-state index in [0.29, 0.717) is 22.4 Å². The van der Waals surface area contributed by atoms with E-state index in [2.05, 4.69) is 0 Å². The predicted octanol–water partition coefficient (Wildman–Crippen LogP) is 6.36. The lowest BCUT2D eigenvalue weighted by Gasteiger charge is -2.41. The zero-order valence-electron chi connectivity index (χ0n) is 21.9. The Kier molecular flexibility index (Phi) is 7.71. The van der Waals surface area contributed by atoms with Crippen LogP contribution in [0.5, 0.6) is 5.75 Å². The molecule has 0 unspecified atom stereocenters. The fraction of sp³-hybridized carbons (Fsp3) is 0.133. The van der Waals surface area contributed by atoms with Crippen molar-refractivity contribution < 1.29 is 24.2 Å². The number of nitro benzene ring substituents is 2. The molecule has 3 aromatic carbocycles. The van der Waals surface area contributed by atoms with Gasteiger partial charge in [0.05, 0.1) is 21.1 Å². The van der Waals surface area contributed by atoms with Gasteiger partial charge >= 0.3 is 5.97 Å². The van der Waals surface area contributed by atoms with Gasteiger partial charge in [-0.2, -0.15) is 0 Å². The average molecular weight is 540 g/mol. The van der Waals surface area contributed by atoms with Gasteiger partial charge in [0.25, 0.3) is 17.3 Å². The van der Waals surface area contributed by atoms with E-state index in [-0.39, 0.29) is 23.0 Å². The molecule has 4 rings (SSSR count). The quantitative estimate of drug-likeness (QED) is 0.112. The van der Waals surface area contributed by atoms with Gasteiger partial charge in [0.2, 0.25) is 0 Å². The number of amides is 1. The highest BCUT2D eigenvalue weighted by molar-refractivity contribution is 6.08. The van der Waals surface area contributed by atoms with Crippen molar-refractivity contribution in [3.05, 3.63) is 122 Å². The molecule has 1 heterocycles. The first-order valence-electron chi connectivity index (χ1n) is 12.2. The Hall–Kier alpha value is -5.38. The van der Waals surface area contributed by atoms with Crippen LogP contribution < -0.4 is 9.64 Å². The molecule has 10 heteroatoms. The summed E-state index contributed by atoms with van der Waals surface area (Å²) in [6, 6.07) is 16.8. The number of carbonyl (C=O) groups excluding carboxylic acids is 2. The highest BCUT2D eigenvalue weighted by Crippen LogP contribution is 2.41. The number of fused-ring (bicyclic) bond motifs is 1. The van der Waals surface area contributed by atoms with Crippen LogP contribution in [0.15, 0.2) is 85.0 Å². The normalized spacial score (nSPS) is 14.1. The maximum absolute atomic E-state index is 13.4. The molecule has 0 atom stereocenters. The second-order valence-electron chi connectivity index (χ2n) is 9.63. The average Bonchev–Trinajstić information content (AvgIpc) is 2.91. The summed E-state index contributed by atoms with van der Waals surface area (Å²) in [4.78, 5) is 48.4. The van der Waals surface area contributed by atoms with Crippen molar-refractivity contribution >= 4 is 46.7 Å². The molecule has 3 aromatic rings. The Morgan fingerprint density at radius 3 is 2.00 bits per heavy atom. The van der Waals surface area contributed by atoms with Crippen LogP contribution in [-0.2, 0) is 9.59 Å². The van der Waals surface area contributed by atoms with Crippen molar-refractivity contribution in [3.8, 4) is 5.75 Å². The van der Waals surface area contributed by atoms with Crippen molar-refractivity contribution in [2.75, 3.05) is 4.90 Å². The summed E-state index contributed by atoms with van der Waals surface area (Å²) in [7, 11) is 0. The third-order valence-corrected chi connectivity index (χ3v) is 6.21. The largest absolute Gasteiger partial charge is 0.423 e. The summed E-state index contributed by atoms with van der Waals surface area (Å²) in [5.74, 6) is -0.734. The van der Waals surface area contributed by atoms with Gasteiger partial charge < -0.3 is 4.74 Å². The first-order valence-corrected chi connectivity index (χ1v) is 12.2. The molecular formula is C30H25N3O7. The summed E-state index contributed by atoms with van der Waals surface area (Å²) in [5, 5.41) is 22.0. The van der Waals surface area contributed by atoms with Crippen molar-refractivity contribution in [2.24, 2.45) is 0 Å². The third kappa shape index (κ3) is 6.18. The Balaban J connectivity index is 1.55. The van der Waals surface area contributed by atoms with E-state index in [4.69, 9.17) is 4.74 Å². The van der Waals surface area contributed by atoms with Gasteiger partial charge in [-0.15, -0.1) is 0 Å². The third-order valence-electron chi connectivity index (χ3n) is 6.21. The number of hydrogen-bond acceptors (Lipinski definition) is 7. The maximum Gasteiger partial charge on any atom is 0.336 e. The summed E-state index contributed by atoms with van der Waals surface area (Å²) in [5.41, 5.74) is 2.36. The van der Waals surface area contributed by atoms with Gasteiger partial charge in [-0.25, -0.2) is 4.79 Å². The Bertz CT molecular complexity index is 1620. The van der Waals surface area contributed by atoms with Crippen LogP contribution in [0.25, 0.3) is 17.7 Å². The highest BCUT2D eigenvalue weighted by Gasteiger charge is 2.35. The summed E-state index contributed by atoms with van der Waals surface area (Å²) >= 11 is 0.